The summed E-state index contributed by atoms with van der Waals surface area (Å²) in [6.07, 6.45) is 2.70. The average Bonchev–Trinajstić information content (AvgIpc) is 2.71. The lowest BCUT2D eigenvalue weighted by Gasteiger charge is -2.16. The van der Waals surface area contributed by atoms with Gasteiger partial charge in [-0.15, -0.1) is 0 Å². The number of H-pyrrole nitrogens is 1. The predicted molar refractivity (Wildman–Crippen MR) is 71.3 cm³/mol. The molecule has 0 bridgehead atoms. The van der Waals surface area contributed by atoms with Crippen LogP contribution < -0.4 is 5.32 Å². The van der Waals surface area contributed by atoms with E-state index in [1.165, 1.54) is 24.8 Å². The quantitative estimate of drug-likeness (QED) is 0.767. The van der Waals surface area contributed by atoms with Gasteiger partial charge in [0.25, 0.3) is 5.91 Å². The van der Waals surface area contributed by atoms with Crippen molar-refractivity contribution in [3.63, 3.8) is 0 Å². The van der Waals surface area contributed by atoms with Crippen LogP contribution >= 0.6 is 0 Å². The van der Waals surface area contributed by atoms with Crippen molar-refractivity contribution in [2.75, 3.05) is 6.54 Å². The van der Waals surface area contributed by atoms with E-state index in [2.05, 4.69) is 16.4 Å². The van der Waals surface area contributed by atoms with Crippen molar-refractivity contribution < 1.29 is 9.90 Å². The molecule has 1 heterocycles. The zero-order valence-electron chi connectivity index (χ0n) is 10.7. The van der Waals surface area contributed by atoms with Gasteiger partial charge in [0.1, 0.15) is 5.60 Å². The molecule has 0 aliphatic heterocycles. The van der Waals surface area contributed by atoms with Gasteiger partial charge >= 0.3 is 0 Å². The fourth-order valence-corrected chi connectivity index (χ4v) is 1.87. The number of amides is 1. The number of nitrogens with one attached hydrogen (secondary N) is 2. The number of para-hydroxylation sites is 1. The molecule has 0 fully saturated rings. The topological polar surface area (TPSA) is 65.1 Å². The lowest BCUT2D eigenvalue weighted by atomic mass is 10.1. The zero-order chi connectivity index (χ0) is 13.2. The van der Waals surface area contributed by atoms with E-state index in [4.69, 9.17) is 0 Å². The monoisotopic (exact) mass is 246 g/mol. The molecule has 4 heteroatoms. The van der Waals surface area contributed by atoms with Gasteiger partial charge < -0.3 is 15.4 Å². The van der Waals surface area contributed by atoms with Crippen molar-refractivity contribution in [1.29, 1.82) is 0 Å². The van der Waals surface area contributed by atoms with Gasteiger partial charge in [0, 0.05) is 23.6 Å². The van der Waals surface area contributed by atoms with Crippen LogP contribution in [0.3, 0.4) is 0 Å². The van der Waals surface area contributed by atoms with Crippen LogP contribution in [0.5, 0.6) is 0 Å². The van der Waals surface area contributed by atoms with E-state index in [1.54, 1.807) is 0 Å². The lowest BCUT2D eigenvalue weighted by Crippen LogP contribution is -2.42. The third kappa shape index (κ3) is 2.71. The second kappa shape index (κ2) is 4.82. The van der Waals surface area contributed by atoms with Crippen molar-refractivity contribution in [2.45, 2.75) is 25.9 Å². The molecule has 0 aliphatic rings. The molecule has 1 aromatic carbocycles. The first-order chi connectivity index (χ1) is 8.48. The van der Waals surface area contributed by atoms with Gasteiger partial charge in [-0.3, -0.25) is 4.79 Å². The smallest absolute Gasteiger partial charge is 0.251 e. The second-order valence-electron chi connectivity index (χ2n) is 4.92. The molecule has 0 saturated heterocycles. The number of aromatic nitrogens is 1. The molecule has 1 aromatic heterocycles. The SMILES string of the molecule is CC(C)(O)C(=O)NCCc1c[nH]c2ccccc12. The Morgan fingerprint density at radius 3 is 2.83 bits per heavy atom. The summed E-state index contributed by atoms with van der Waals surface area (Å²) >= 11 is 0. The molecule has 0 radical (unpaired) electrons. The van der Waals surface area contributed by atoms with Gasteiger partial charge in [0.2, 0.25) is 0 Å². The first-order valence-electron chi connectivity index (χ1n) is 6.04. The second-order valence-corrected chi connectivity index (χ2v) is 4.92. The minimum Gasteiger partial charge on any atom is -0.381 e. The minimum atomic E-state index is -1.32. The summed E-state index contributed by atoms with van der Waals surface area (Å²) in [7, 11) is 0. The molecule has 0 atom stereocenters. The summed E-state index contributed by atoms with van der Waals surface area (Å²) in [5, 5.41) is 13.4. The van der Waals surface area contributed by atoms with E-state index in [1.807, 2.05) is 24.4 Å². The predicted octanol–water partition coefficient (Wildman–Crippen LogP) is 1.60. The summed E-state index contributed by atoms with van der Waals surface area (Å²) < 4.78 is 0. The summed E-state index contributed by atoms with van der Waals surface area (Å²) in [6, 6.07) is 8.06. The molecule has 4 nitrogen and oxygen atoms in total. The van der Waals surface area contributed by atoms with E-state index in [9.17, 15) is 9.90 Å². The maximum atomic E-state index is 11.5. The third-order valence-corrected chi connectivity index (χ3v) is 2.91. The van der Waals surface area contributed by atoms with Crippen LogP contribution in [0.4, 0.5) is 0 Å². The molecule has 3 N–H and O–H groups in total. The molecule has 18 heavy (non-hydrogen) atoms. The Kier molecular flexibility index (Phi) is 3.39. The molecule has 1 amide bonds. The molecule has 0 saturated carbocycles. The number of carbonyl (C=O) groups excluding carboxylic acids is 1. The summed E-state index contributed by atoms with van der Waals surface area (Å²) in [4.78, 5) is 14.7. The van der Waals surface area contributed by atoms with Crippen molar-refractivity contribution in [3.8, 4) is 0 Å². The van der Waals surface area contributed by atoms with E-state index < -0.39 is 5.60 Å². The van der Waals surface area contributed by atoms with Gasteiger partial charge in [0.15, 0.2) is 0 Å². The van der Waals surface area contributed by atoms with Crippen LogP contribution in [-0.2, 0) is 11.2 Å². The van der Waals surface area contributed by atoms with E-state index in [0.717, 1.165) is 11.9 Å². The highest BCUT2D eigenvalue weighted by atomic mass is 16.3. The lowest BCUT2D eigenvalue weighted by molar-refractivity contribution is -0.136. The Morgan fingerprint density at radius 2 is 2.11 bits per heavy atom. The van der Waals surface area contributed by atoms with Gasteiger partial charge in [-0.25, -0.2) is 0 Å². The van der Waals surface area contributed by atoms with Crippen LogP contribution in [0.2, 0.25) is 0 Å². The fraction of sp³-hybridized carbons (Fsp3) is 0.357. The molecule has 2 rings (SSSR count). The number of aliphatic hydroxyl groups is 1. The van der Waals surface area contributed by atoms with Crippen molar-refractivity contribution in [3.05, 3.63) is 36.0 Å². The summed E-state index contributed by atoms with van der Waals surface area (Å²) in [5.41, 5.74) is 0.947. The molecular weight excluding hydrogens is 228 g/mol. The largest absolute Gasteiger partial charge is 0.381 e. The molecule has 0 unspecified atom stereocenters. The number of hydrogen-bond acceptors (Lipinski definition) is 2. The Hall–Kier alpha value is -1.81. The van der Waals surface area contributed by atoms with E-state index >= 15 is 0 Å². The minimum absolute atomic E-state index is 0.345. The van der Waals surface area contributed by atoms with Crippen LogP contribution in [0.15, 0.2) is 30.5 Å². The van der Waals surface area contributed by atoms with Gasteiger partial charge in [-0.2, -0.15) is 0 Å². The molecule has 96 valence electrons. The van der Waals surface area contributed by atoms with Crippen molar-refractivity contribution >= 4 is 16.8 Å². The standard InChI is InChI=1S/C14H18N2O2/c1-14(2,18)13(17)15-8-7-10-9-16-12-6-4-3-5-11(10)12/h3-6,9,16,18H,7-8H2,1-2H3,(H,15,17). The highest BCUT2D eigenvalue weighted by Crippen LogP contribution is 2.17. The van der Waals surface area contributed by atoms with Gasteiger partial charge in [0.05, 0.1) is 0 Å². The Balaban J connectivity index is 1.97. The number of fused-ring (bicyclic) bond motifs is 1. The number of carbonyl (C=O) groups is 1. The highest BCUT2D eigenvalue weighted by molar-refractivity contribution is 5.84. The van der Waals surface area contributed by atoms with Crippen molar-refractivity contribution in [1.82, 2.24) is 10.3 Å². The Labute approximate surface area is 106 Å². The average molecular weight is 246 g/mol. The Bertz CT molecular complexity index is 552. The molecule has 2 aromatic rings. The van der Waals surface area contributed by atoms with E-state index in [0.29, 0.717) is 6.54 Å². The summed E-state index contributed by atoms with van der Waals surface area (Å²) in [6.45, 7) is 3.48. The maximum Gasteiger partial charge on any atom is 0.251 e. The van der Waals surface area contributed by atoms with Gasteiger partial charge in [-0.05, 0) is 31.9 Å². The van der Waals surface area contributed by atoms with E-state index in [-0.39, 0.29) is 5.91 Å². The number of aromatic amines is 1. The first-order valence-corrected chi connectivity index (χ1v) is 6.04. The number of rotatable bonds is 4. The van der Waals surface area contributed by atoms with Crippen LogP contribution in [-0.4, -0.2) is 28.1 Å². The zero-order valence-corrected chi connectivity index (χ0v) is 10.7. The van der Waals surface area contributed by atoms with Crippen LogP contribution in [0, 0.1) is 0 Å². The molecule has 0 spiro atoms. The molecule has 0 aliphatic carbocycles. The highest BCUT2D eigenvalue weighted by Gasteiger charge is 2.22. The fourth-order valence-electron chi connectivity index (χ4n) is 1.87. The van der Waals surface area contributed by atoms with Crippen LogP contribution in [0.1, 0.15) is 19.4 Å². The number of hydrogen-bond donors (Lipinski definition) is 3. The maximum absolute atomic E-state index is 11.5. The van der Waals surface area contributed by atoms with Gasteiger partial charge in [-0.1, -0.05) is 18.2 Å². The normalized spacial score (nSPS) is 11.7. The van der Waals surface area contributed by atoms with Crippen molar-refractivity contribution in [2.24, 2.45) is 0 Å². The number of benzene rings is 1. The Morgan fingerprint density at radius 1 is 1.39 bits per heavy atom. The third-order valence-electron chi connectivity index (χ3n) is 2.91. The summed E-state index contributed by atoms with van der Waals surface area (Å²) in [5.74, 6) is -0.345. The first kappa shape index (κ1) is 12.6. The van der Waals surface area contributed by atoms with Crippen LogP contribution in [0.25, 0.3) is 10.9 Å². The molecular formula is C14H18N2O2.